The average Bonchev–Trinajstić information content (AvgIpc) is 3.43. The van der Waals surface area contributed by atoms with Gasteiger partial charge in [-0.05, 0) is 24.4 Å². The maximum Gasteiger partial charge on any atom is 0.274 e. The molecular formula is C17H18N6O3S2. The molecule has 146 valence electrons. The Morgan fingerprint density at radius 3 is 2.79 bits per heavy atom. The number of carbonyl (C=O) groups is 2. The van der Waals surface area contributed by atoms with Crippen molar-refractivity contribution in [1.82, 2.24) is 24.9 Å². The van der Waals surface area contributed by atoms with Gasteiger partial charge < -0.3 is 9.64 Å². The highest BCUT2D eigenvalue weighted by molar-refractivity contribution is 7.15. The van der Waals surface area contributed by atoms with Gasteiger partial charge in [0.05, 0.1) is 23.8 Å². The van der Waals surface area contributed by atoms with Gasteiger partial charge in [0.1, 0.15) is 11.6 Å². The van der Waals surface area contributed by atoms with Gasteiger partial charge in [0.2, 0.25) is 11.0 Å². The van der Waals surface area contributed by atoms with Gasteiger partial charge in [-0.2, -0.15) is 5.10 Å². The minimum atomic E-state index is -0.276. The van der Waals surface area contributed by atoms with E-state index in [1.54, 1.807) is 15.6 Å². The van der Waals surface area contributed by atoms with Crippen molar-refractivity contribution in [3.8, 4) is 10.6 Å². The highest BCUT2D eigenvalue weighted by atomic mass is 32.1. The summed E-state index contributed by atoms with van der Waals surface area (Å²) in [6.07, 6.45) is 0. The summed E-state index contributed by atoms with van der Waals surface area (Å²) in [5.41, 5.74) is 1.06. The fourth-order valence-corrected chi connectivity index (χ4v) is 4.19. The number of carbonyl (C=O) groups excluding carboxylic acids is 2. The first kappa shape index (κ1) is 18.7. The van der Waals surface area contributed by atoms with Crippen LogP contribution in [0.25, 0.3) is 10.6 Å². The van der Waals surface area contributed by atoms with Crippen LogP contribution in [0.3, 0.4) is 0 Å². The van der Waals surface area contributed by atoms with E-state index in [1.807, 2.05) is 24.4 Å². The summed E-state index contributed by atoms with van der Waals surface area (Å²) in [5, 5.41) is 18.1. The van der Waals surface area contributed by atoms with Crippen LogP contribution in [0.5, 0.6) is 0 Å². The molecule has 1 aliphatic rings. The van der Waals surface area contributed by atoms with Gasteiger partial charge in [0.25, 0.3) is 5.91 Å². The van der Waals surface area contributed by atoms with Crippen molar-refractivity contribution >= 4 is 39.6 Å². The number of rotatable bonds is 5. The normalized spacial score (nSPS) is 14.2. The van der Waals surface area contributed by atoms with Gasteiger partial charge in [-0.3, -0.25) is 19.6 Å². The summed E-state index contributed by atoms with van der Waals surface area (Å²) >= 11 is 2.83. The van der Waals surface area contributed by atoms with Crippen LogP contribution in [0, 0.1) is 6.92 Å². The molecule has 0 aromatic carbocycles. The van der Waals surface area contributed by atoms with Crippen LogP contribution < -0.4 is 5.32 Å². The van der Waals surface area contributed by atoms with Crippen molar-refractivity contribution in [2.45, 2.75) is 13.5 Å². The third kappa shape index (κ3) is 4.11. The molecule has 28 heavy (non-hydrogen) atoms. The summed E-state index contributed by atoms with van der Waals surface area (Å²) in [6.45, 7) is 3.91. The highest BCUT2D eigenvalue weighted by Gasteiger charge is 2.24. The first-order valence-electron chi connectivity index (χ1n) is 8.69. The van der Waals surface area contributed by atoms with Crippen molar-refractivity contribution in [3.05, 3.63) is 34.3 Å². The van der Waals surface area contributed by atoms with Crippen molar-refractivity contribution in [1.29, 1.82) is 0 Å². The third-order valence-electron chi connectivity index (χ3n) is 4.14. The van der Waals surface area contributed by atoms with Crippen LogP contribution in [0.1, 0.15) is 15.5 Å². The quantitative estimate of drug-likeness (QED) is 0.679. The standard InChI is InChI=1S/C17H18N6O3S2/c1-11-19-20-17(28-11)18-15(24)10-23-13(14-3-2-8-27-14)9-12(21-23)16(25)22-4-6-26-7-5-22/h2-3,8-9H,4-7,10H2,1H3,(H,18,20,24). The summed E-state index contributed by atoms with van der Waals surface area (Å²) in [6, 6.07) is 5.60. The molecule has 3 aromatic rings. The average molecular weight is 419 g/mol. The molecule has 3 aromatic heterocycles. The number of anilines is 1. The van der Waals surface area contributed by atoms with Crippen LogP contribution in [0.2, 0.25) is 0 Å². The highest BCUT2D eigenvalue weighted by Crippen LogP contribution is 2.26. The third-order valence-corrected chi connectivity index (χ3v) is 5.78. The molecule has 1 saturated heterocycles. The Hall–Kier alpha value is -2.63. The number of thiophene rings is 1. The van der Waals surface area contributed by atoms with Crippen LogP contribution in [0.4, 0.5) is 5.13 Å². The maximum absolute atomic E-state index is 12.8. The van der Waals surface area contributed by atoms with E-state index in [4.69, 9.17) is 4.74 Å². The minimum absolute atomic E-state index is 0.0255. The number of nitrogens with zero attached hydrogens (tertiary/aromatic N) is 5. The van der Waals surface area contributed by atoms with Gasteiger partial charge in [0, 0.05) is 13.1 Å². The van der Waals surface area contributed by atoms with Crippen LogP contribution in [-0.4, -0.2) is 63.0 Å². The van der Waals surface area contributed by atoms with Crippen LogP contribution in [-0.2, 0) is 16.1 Å². The molecule has 11 heteroatoms. The van der Waals surface area contributed by atoms with Gasteiger partial charge >= 0.3 is 0 Å². The molecule has 2 amide bonds. The molecular weight excluding hydrogens is 400 g/mol. The number of ether oxygens (including phenoxy) is 1. The van der Waals surface area contributed by atoms with Gasteiger partial charge in [-0.1, -0.05) is 17.4 Å². The Balaban J connectivity index is 1.57. The first-order chi connectivity index (χ1) is 13.6. The number of hydrogen-bond donors (Lipinski definition) is 1. The predicted molar refractivity (Wildman–Crippen MR) is 106 cm³/mol. The monoisotopic (exact) mass is 418 g/mol. The molecule has 0 aliphatic carbocycles. The van der Waals surface area contributed by atoms with Crippen molar-refractivity contribution in [2.75, 3.05) is 31.6 Å². The summed E-state index contributed by atoms with van der Waals surface area (Å²) in [4.78, 5) is 27.9. The van der Waals surface area contributed by atoms with E-state index in [1.165, 1.54) is 22.7 Å². The van der Waals surface area contributed by atoms with Gasteiger partial charge in [-0.25, -0.2) is 0 Å². The number of aromatic nitrogens is 4. The number of hydrogen-bond acceptors (Lipinski definition) is 8. The lowest BCUT2D eigenvalue weighted by molar-refractivity contribution is -0.116. The zero-order valence-electron chi connectivity index (χ0n) is 15.1. The Morgan fingerprint density at radius 1 is 1.29 bits per heavy atom. The topological polar surface area (TPSA) is 102 Å². The number of aryl methyl sites for hydroxylation is 1. The fourth-order valence-electron chi connectivity index (χ4n) is 2.83. The fraction of sp³-hybridized carbons (Fsp3) is 0.353. The number of nitrogens with one attached hydrogen (secondary N) is 1. The number of morpholine rings is 1. The van der Waals surface area contributed by atoms with Gasteiger partial charge in [0.15, 0.2) is 5.69 Å². The number of amides is 2. The molecule has 4 heterocycles. The molecule has 0 unspecified atom stereocenters. The maximum atomic E-state index is 12.8. The van der Waals surface area contributed by atoms with E-state index >= 15 is 0 Å². The Kier molecular flexibility index (Phi) is 5.46. The van der Waals surface area contributed by atoms with E-state index in [-0.39, 0.29) is 18.4 Å². The van der Waals surface area contributed by atoms with Crippen molar-refractivity contribution < 1.29 is 14.3 Å². The molecule has 0 spiro atoms. The predicted octanol–water partition coefficient (Wildman–Crippen LogP) is 1.88. The SMILES string of the molecule is Cc1nnc(NC(=O)Cn2nc(C(=O)N3CCOCC3)cc2-c2cccs2)s1. The summed E-state index contributed by atoms with van der Waals surface area (Å²) in [7, 11) is 0. The Morgan fingerprint density at radius 2 is 2.11 bits per heavy atom. The minimum Gasteiger partial charge on any atom is -0.378 e. The Labute approximate surface area is 169 Å². The smallest absolute Gasteiger partial charge is 0.274 e. The second-order valence-corrected chi connectivity index (χ2v) is 8.26. The van der Waals surface area contributed by atoms with Gasteiger partial charge in [-0.15, -0.1) is 21.5 Å². The van der Waals surface area contributed by atoms with Crippen LogP contribution >= 0.6 is 22.7 Å². The molecule has 4 rings (SSSR count). The molecule has 0 radical (unpaired) electrons. The molecule has 0 bridgehead atoms. The largest absolute Gasteiger partial charge is 0.378 e. The summed E-state index contributed by atoms with van der Waals surface area (Å²) in [5.74, 6) is -0.428. The van der Waals surface area contributed by atoms with E-state index in [0.29, 0.717) is 37.1 Å². The molecule has 0 saturated carbocycles. The van der Waals surface area contributed by atoms with E-state index in [2.05, 4.69) is 20.6 Å². The molecule has 0 atom stereocenters. The first-order valence-corrected chi connectivity index (χ1v) is 10.4. The lowest BCUT2D eigenvalue weighted by Gasteiger charge is -2.25. The zero-order chi connectivity index (χ0) is 19.5. The van der Waals surface area contributed by atoms with E-state index in [0.717, 1.165) is 15.6 Å². The molecule has 9 nitrogen and oxygen atoms in total. The van der Waals surface area contributed by atoms with Crippen LogP contribution in [0.15, 0.2) is 23.6 Å². The molecule has 1 aliphatic heterocycles. The lowest BCUT2D eigenvalue weighted by atomic mass is 10.2. The molecule has 1 N–H and O–H groups in total. The summed E-state index contributed by atoms with van der Waals surface area (Å²) < 4.78 is 6.86. The second-order valence-electron chi connectivity index (χ2n) is 6.13. The van der Waals surface area contributed by atoms with E-state index in [9.17, 15) is 9.59 Å². The molecule has 1 fully saturated rings. The lowest BCUT2D eigenvalue weighted by Crippen LogP contribution is -2.40. The zero-order valence-corrected chi connectivity index (χ0v) is 16.8. The Bertz CT molecular complexity index is 975. The van der Waals surface area contributed by atoms with Crippen molar-refractivity contribution in [2.24, 2.45) is 0 Å². The van der Waals surface area contributed by atoms with Crippen molar-refractivity contribution in [3.63, 3.8) is 0 Å². The second kappa shape index (κ2) is 8.17. The van der Waals surface area contributed by atoms with E-state index < -0.39 is 0 Å².